The van der Waals surface area contributed by atoms with Crippen LogP contribution in [-0.4, -0.2) is 61.0 Å². The first-order valence-electron chi connectivity index (χ1n) is 11.7. The maximum atomic E-state index is 13.9. The molecule has 2 aromatic carbocycles. The predicted octanol–water partition coefficient (Wildman–Crippen LogP) is 4.10. The van der Waals surface area contributed by atoms with Crippen molar-refractivity contribution in [1.82, 2.24) is 20.4 Å². The van der Waals surface area contributed by atoms with Crippen molar-refractivity contribution in [3.63, 3.8) is 0 Å². The van der Waals surface area contributed by atoms with E-state index in [1.54, 1.807) is 48.5 Å². The molecule has 2 aliphatic rings. The van der Waals surface area contributed by atoms with E-state index >= 15 is 0 Å². The van der Waals surface area contributed by atoms with E-state index in [1.165, 1.54) is 4.31 Å². The second kappa shape index (κ2) is 10.4. The normalized spacial score (nSPS) is 17.9. The van der Waals surface area contributed by atoms with Gasteiger partial charge in [-0.1, -0.05) is 29.8 Å². The Morgan fingerprint density at radius 1 is 1.11 bits per heavy atom. The average Bonchev–Trinajstić information content (AvgIpc) is 3.33. The number of anilines is 1. The molecule has 0 bridgehead atoms. The van der Waals surface area contributed by atoms with Crippen LogP contribution in [0.25, 0.3) is 11.5 Å². The maximum absolute atomic E-state index is 13.9. The average molecular weight is 538 g/mol. The maximum Gasteiger partial charge on any atom is 0.314 e. The summed E-state index contributed by atoms with van der Waals surface area (Å²) in [7, 11) is -3.69. The smallest absolute Gasteiger partial charge is 0.314 e. The van der Waals surface area contributed by atoms with Crippen LogP contribution in [0.15, 0.2) is 52.9 Å². The number of hydrogen-bond acceptors (Lipinski definition) is 7. The first kappa shape index (κ1) is 25.1. The molecule has 1 N–H and O–H groups in total. The lowest BCUT2D eigenvalue weighted by Crippen LogP contribution is -2.59. The molecule has 2 aliphatic heterocycles. The lowest BCUT2D eigenvalue weighted by molar-refractivity contribution is 0.116. The number of sulfonamides is 1. The van der Waals surface area contributed by atoms with E-state index in [9.17, 15) is 17.2 Å². The monoisotopic (exact) mass is 537 g/mol. The largest absolute Gasteiger partial charge is 0.415 e. The van der Waals surface area contributed by atoms with E-state index in [0.29, 0.717) is 40.7 Å². The Morgan fingerprint density at radius 2 is 1.83 bits per heavy atom. The van der Waals surface area contributed by atoms with Crippen LogP contribution in [0.5, 0.6) is 0 Å². The van der Waals surface area contributed by atoms with Crippen LogP contribution in [0.3, 0.4) is 0 Å². The van der Waals surface area contributed by atoms with Crippen LogP contribution in [0.4, 0.5) is 14.5 Å². The van der Waals surface area contributed by atoms with Gasteiger partial charge in [-0.05, 0) is 61.8 Å². The van der Waals surface area contributed by atoms with Gasteiger partial charge >= 0.3 is 6.43 Å². The molecule has 0 amide bonds. The zero-order chi connectivity index (χ0) is 25.3. The van der Waals surface area contributed by atoms with E-state index < -0.39 is 27.6 Å². The number of nitrogens with zero attached hydrogens (tertiary/aromatic N) is 4. The molecular formula is C24H26ClF2N5O3S. The fourth-order valence-electron chi connectivity index (χ4n) is 4.57. The topological polar surface area (TPSA) is 91.6 Å². The molecule has 0 aliphatic carbocycles. The Kier molecular flexibility index (Phi) is 7.25. The van der Waals surface area contributed by atoms with E-state index in [0.717, 1.165) is 26.2 Å². The van der Waals surface area contributed by atoms with Gasteiger partial charge in [0.25, 0.3) is 5.89 Å². The fraction of sp³-hybridized carbons (Fsp3) is 0.417. The van der Waals surface area contributed by atoms with Gasteiger partial charge in [0.05, 0.1) is 17.5 Å². The van der Waals surface area contributed by atoms with Gasteiger partial charge < -0.3 is 9.73 Å². The number of benzene rings is 2. The third kappa shape index (κ3) is 5.24. The molecule has 1 aromatic heterocycles. The first-order chi connectivity index (χ1) is 17.3. The summed E-state index contributed by atoms with van der Waals surface area (Å²) in [6, 6.07) is 14.0. The second-order valence-corrected chi connectivity index (χ2v) is 11.6. The number of halogens is 3. The summed E-state index contributed by atoms with van der Waals surface area (Å²) < 4.78 is 59.7. The molecule has 3 aromatic rings. The number of rotatable bonds is 8. The number of alkyl halides is 2. The van der Waals surface area contributed by atoms with E-state index in [-0.39, 0.29) is 12.4 Å². The van der Waals surface area contributed by atoms with Crippen LogP contribution >= 0.6 is 11.6 Å². The van der Waals surface area contributed by atoms with Crippen molar-refractivity contribution in [3.8, 4) is 11.5 Å². The van der Waals surface area contributed by atoms with Crippen LogP contribution < -0.4 is 9.62 Å². The molecule has 36 heavy (non-hydrogen) atoms. The summed E-state index contributed by atoms with van der Waals surface area (Å²) in [5.41, 5.74) is 1.68. The number of likely N-dealkylation sites (tertiary alicyclic amines) is 1. The van der Waals surface area contributed by atoms with Crippen LogP contribution in [-0.2, 0) is 16.6 Å². The summed E-state index contributed by atoms with van der Waals surface area (Å²) in [6.07, 6.45) is -1.71. The summed E-state index contributed by atoms with van der Waals surface area (Å²) >= 11 is 6.21. The number of aromatic nitrogens is 2. The zero-order valence-electron chi connectivity index (χ0n) is 19.4. The second-order valence-electron chi connectivity index (χ2n) is 9.02. The third-order valence-corrected chi connectivity index (χ3v) is 9.24. The van der Waals surface area contributed by atoms with Crippen LogP contribution in [0.2, 0.25) is 5.02 Å². The molecular weight excluding hydrogens is 512 g/mol. The summed E-state index contributed by atoms with van der Waals surface area (Å²) in [5.74, 6) is -0.767. The number of hydrogen-bond donors (Lipinski definition) is 1. The van der Waals surface area contributed by atoms with E-state index in [4.69, 9.17) is 16.0 Å². The van der Waals surface area contributed by atoms with Gasteiger partial charge in [-0.2, -0.15) is 8.78 Å². The molecule has 0 unspecified atom stereocenters. The minimum Gasteiger partial charge on any atom is -0.415 e. The van der Waals surface area contributed by atoms with Gasteiger partial charge in [-0.3, -0.25) is 9.21 Å². The Hall–Kier alpha value is -2.60. The minimum absolute atomic E-state index is 0.0235. The summed E-state index contributed by atoms with van der Waals surface area (Å²) in [6.45, 7) is 3.50. The highest BCUT2D eigenvalue weighted by Gasteiger charge is 2.37. The molecule has 0 spiro atoms. The van der Waals surface area contributed by atoms with Gasteiger partial charge in [-0.25, -0.2) is 8.42 Å². The lowest BCUT2D eigenvalue weighted by atomic mass is 10.0. The molecule has 5 rings (SSSR count). The van der Waals surface area contributed by atoms with Gasteiger partial charge in [0.15, 0.2) is 0 Å². The minimum atomic E-state index is -3.69. The van der Waals surface area contributed by atoms with E-state index in [1.807, 2.05) is 0 Å². The van der Waals surface area contributed by atoms with Gasteiger partial charge in [-0.15, -0.1) is 10.2 Å². The summed E-state index contributed by atoms with van der Waals surface area (Å²) in [4.78, 5) is 2.36. The van der Waals surface area contributed by atoms with Crippen molar-refractivity contribution in [3.05, 3.63) is 65.0 Å². The van der Waals surface area contributed by atoms with Crippen molar-refractivity contribution < 1.29 is 21.6 Å². The molecule has 2 saturated heterocycles. The highest BCUT2D eigenvalue weighted by Crippen LogP contribution is 2.31. The highest BCUT2D eigenvalue weighted by atomic mass is 35.5. The summed E-state index contributed by atoms with van der Waals surface area (Å²) in [5, 5.41) is 10.2. The highest BCUT2D eigenvalue weighted by molar-refractivity contribution is 7.93. The predicted molar refractivity (Wildman–Crippen MR) is 132 cm³/mol. The third-order valence-electron chi connectivity index (χ3n) is 6.73. The molecule has 0 saturated carbocycles. The van der Waals surface area contributed by atoms with Crippen molar-refractivity contribution in [2.75, 3.05) is 30.5 Å². The van der Waals surface area contributed by atoms with Crippen molar-refractivity contribution >= 4 is 27.3 Å². The Bertz CT molecular complexity index is 1290. The molecule has 3 heterocycles. The Balaban J connectivity index is 1.37. The van der Waals surface area contributed by atoms with Crippen molar-refractivity contribution in [1.29, 1.82) is 0 Å². The van der Waals surface area contributed by atoms with Crippen LogP contribution in [0, 0.1) is 0 Å². The van der Waals surface area contributed by atoms with Gasteiger partial charge in [0.1, 0.15) is 0 Å². The van der Waals surface area contributed by atoms with Crippen molar-refractivity contribution in [2.45, 2.75) is 37.1 Å². The van der Waals surface area contributed by atoms with Gasteiger partial charge in [0.2, 0.25) is 15.9 Å². The Morgan fingerprint density at radius 3 is 2.42 bits per heavy atom. The quantitative estimate of drug-likeness (QED) is 0.462. The molecule has 8 nitrogen and oxygen atoms in total. The standard InChI is InChI=1S/C24H26ClF2N5O3S/c25-18-2-1-3-19(12-18)32(36(33,34)21-8-10-31(11-9-21)20-13-28-14-20)15-16-4-6-17(7-5-16)23-29-30-24(35-23)22(26)27/h1-7,12,20-22,28H,8-11,13-15H2. The molecule has 12 heteroatoms. The van der Waals surface area contributed by atoms with Crippen LogP contribution in [0.1, 0.15) is 30.7 Å². The number of piperidine rings is 1. The molecule has 192 valence electrons. The fourth-order valence-corrected chi connectivity index (χ4v) is 6.66. The SMILES string of the molecule is O=S(=O)(C1CCN(C2CNC2)CC1)N(Cc1ccc(-c2nnc(C(F)F)o2)cc1)c1cccc(Cl)c1. The Labute approximate surface area is 213 Å². The molecule has 2 fully saturated rings. The molecule has 0 radical (unpaired) electrons. The van der Waals surface area contributed by atoms with Gasteiger partial charge in [0, 0.05) is 29.7 Å². The molecule has 0 atom stereocenters. The first-order valence-corrected chi connectivity index (χ1v) is 13.6. The van der Waals surface area contributed by atoms with Crippen molar-refractivity contribution in [2.24, 2.45) is 0 Å². The van der Waals surface area contributed by atoms with E-state index in [2.05, 4.69) is 20.4 Å². The number of nitrogens with one attached hydrogen (secondary N) is 1. The lowest BCUT2D eigenvalue weighted by Gasteiger charge is -2.42. The zero-order valence-corrected chi connectivity index (χ0v) is 20.9.